The highest BCUT2D eigenvalue weighted by Gasteiger charge is 2.19. The second kappa shape index (κ2) is 2.37. The zero-order chi connectivity index (χ0) is 8.72. The summed E-state index contributed by atoms with van der Waals surface area (Å²) in [7, 11) is 0. The van der Waals surface area contributed by atoms with Gasteiger partial charge in [0.25, 0.3) is 5.56 Å². The predicted octanol–water partition coefficient (Wildman–Crippen LogP) is 0.878. The number of nitrogens with one attached hydrogen (secondary N) is 1. The first-order valence-corrected chi connectivity index (χ1v) is 4.13. The minimum Gasteiger partial charge on any atom is -0.503 e. The van der Waals surface area contributed by atoms with Crippen LogP contribution in [0.5, 0.6) is 5.75 Å². The molecule has 12 heavy (non-hydrogen) atoms. The predicted molar refractivity (Wildman–Crippen MR) is 45.5 cm³/mol. The van der Waals surface area contributed by atoms with E-state index in [9.17, 15) is 9.90 Å². The van der Waals surface area contributed by atoms with Crippen LogP contribution in [0.3, 0.4) is 0 Å². The van der Waals surface area contributed by atoms with E-state index in [1.807, 2.05) is 6.92 Å². The Hall–Kier alpha value is -1.25. The molecule has 3 heteroatoms. The van der Waals surface area contributed by atoms with Crippen molar-refractivity contribution >= 4 is 0 Å². The SMILES string of the molecule is Cc1[nH]c(=O)c(O)c2c1CCC2. The minimum absolute atomic E-state index is 0.0758. The van der Waals surface area contributed by atoms with Gasteiger partial charge >= 0.3 is 0 Å². The molecule has 0 radical (unpaired) electrons. The van der Waals surface area contributed by atoms with E-state index in [-0.39, 0.29) is 11.3 Å². The molecule has 2 N–H and O–H groups in total. The average molecular weight is 165 g/mol. The quantitative estimate of drug-likeness (QED) is 0.599. The van der Waals surface area contributed by atoms with E-state index in [1.54, 1.807) is 0 Å². The Morgan fingerprint density at radius 2 is 2.00 bits per heavy atom. The number of aryl methyl sites for hydroxylation is 1. The molecule has 0 aliphatic heterocycles. The van der Waals surface area contributed by atoms with Gasteiger partial charge in [0.1, 0.15) is 0 Å². The molecule has 0 aromatic carbocycles. The van der Waals surface area contributed by atoms with Gasteiger partial charge in [0.15, 0.2) is 5.75 Å². The van der Waals surface area contributed by atoms with Crippen molar-refractivity contribution in [2.75, 3.05) is 0 Å². The summed E-state index contributed by atoms with van der Waals surface area (Å²) < 4.78 is 0. The Morgan fingerprint density at radius 1 is 1.33 bits per heavy atom. The van der Waals surface area contributed by atoms with Gasteiger partial charge in [0.2, 0.25) is 0 Å². The number of aromatic amines is 1. The van der Waals surface area contributed by atoms with Gasteiger partial charge in [0, 0.05) is 11.3 Å². The molecule has 1 heterocycles. The zero-order valence-electron chi connectivity index (χ0n) is 6.98. The molecule has 1 aromatic rings. The van der Waals surface area contributed by atoms with Gasteiger partial charge in [-0.05, 0) is 31.7 Å². The van der Waals surface area contributed by atoms with Gasteiger partial charge in [-0.25, -0.2) is 0 Å². The van der Waals surface area contributed by atoms with Crippen molar-refractivity contribution in [3.05, 3.63) is 27.2 Å². The Balaban J connectivity index is 2.78. The Labute approximate surface area is 70.1 Å². The van der Waals surface area contributed by atoms with Crippen molar-refractivity contribution in [3.8, 4) is 5.75 Å². The number of rotatable bonds is 0. The fourth-order valence-electron chi connectivity index (χ4n) is 1.86. The van der Waals surface area contributed by atoms with Crippen LogP contribution in [0.2, 0.25) is 0 Å². The summed E-state index contributed by atoms with van der Waals surface area (Å²) in [6.45, 7) is 1.88. The van der Waals surface area contributed by atoms with Gasteiger partial charge in [-0.1, -0.05) is 0 Å². The third-order valence-corrected chi connectivity index (χ3v) is 2.47. The Bertz CT molecular complexity index is 379. The molecule has 0 spiro atoms. The molecule has 0 amide bonds. The van der Waals surface area contributed by atoms with Crippen molar-refractivity contribution in [1.29, 1.82) is 0 Å². The van der Waals surface area contributed by atoms with E-state index in [0.29, 0.717) is 0 Å². The summed E-state index contributed by atoms with van der Waals surface area (Å²) in [5.41, 5.74) is 2.54. The molecule has 1 aliphatic carbocycles. The van der Waals surface area contributed by atoms with Crippen molar-refractivity contribution in [2.24, 2.45) is 0 Å². The monoisotopic (exact) mass is 165 g/mol. The molecule has 0 unspecified atom stereocenters. The average Bonchev–Trinajstić information content (AvgIpc) is 2.48. The normalized spacial score (nSPS) is 14.8. The lowest BCUT2D eigenvalue weighted by Crippen LogP contribution is -2.10. The molecule has 64 valence electrons. The highest BCUT2D eigenvalue weighted by atomic mass is 16.3. The highest BCUT2D eigenvalue weighted by molar-refractivity contribution is 5.42. The molecular formula is C9H11NO2. The maximum absolute atomic E-state index is 11.1. The Kier molecular flexibility index (Phi) is 1.46. The lowest BCUT2D eigenvalue weighted by atomic mass is 10.1. The third kappa shape index (κ3) is 0.858. The second-order valence-corrected chi connectivity index (χ2v) is 3.24. The zero-order valence-corrected chi connectivity index (χ0v) is 6.98. The van der Waals surface area contributed by atoms with Crippen LogP contribution in [-0.4, -0.2) is 10.1 Å². The van der Waals surface area contributed by atoms with Crippen LogP contribution in [-0.2, 0) is 12.8 Å². The number of fused-ring (bicyclic) bond motifs is 1. The van der Waals surface area contributed by atoms with Gasteiger partial charge in [-0.15, -0.1) is 0 Å². The van der Waals surface area contributed by atoms with Crippen molar-refractivity contribution in [1.82, 2.24) is 4.98 Å². The lowest BCUT2D eigenvalue weighted by molar-refractivity contribution is 0.460. The first-order chi connectivity index (χ1) is 5.70. The maximum atomic E-state index is 11.1. The molecule has 3 nitrogen and oxygen atoms in total. The number of aromatic nitrogens is 1. The molecule has 0 atom stereocenters. The van der Waals surface area contributed by atoms with E-state index in [0.717, 1.165) is 36.1 Å². The van der Waals surface area contributed by atoms with Crippen molar-refractivity contribution in [3.63, 3.8) is 0 Å². The molecular weight excluding hydrogens is 154 g/mol. The molecule has 2 rings (SSSR count). The summed E-state index contributed by atoms with van der Waals surface area (Å²) >= 11 is 0. The van der Waals surface area contributed by atoms with Gasteiger partial charge in [-0.2, -0.15) is 0 Å². The largest absolute Gasteiger partial charge is 0.503 e. The van der Waals surface area contributed by atoms with Crippen molar-refractivity contribution in [2.45, 2.75) is 26.2 Å². The second-order valence-electron chi connectivity index (χ2n) is 3.24. The van der Waals surface area contributed by atoms with E-state index in [2.05, 4.69) is 4.98 Å². The lowest BCUT2D eigenvalue weighted by Gasteiger charge is -2.04. The number of aromatic hydroxyl groups is 1. The van der Waals surface area contributed by atoms with Crippen LogP contribution in [0.25, 0.3) is 0 Å². The van der Waals surface area contributed by atoms with Crippen LogP contribution >= 0.6 is 0 Å². The molecule has 1 aromatic heterocycles. The summed E-state index contributed by atoms with van der Waals surface area (Å²) in [6.07, 6.45) is 2.86. The minimum atomic E-state index is -0.354. The standard InChI is InChI=1S/C9H11NO2/c1-5-6-3-2-4-7(6)8(11)9(12)10-5/h11H,2-4H2,1H3,(H,10,12). The summed E-state index contributed by atoms with van der Waals surface area (Å²) in [6, 6.07) is 0. The van der Waals surface area contributed by atoms with Gasteiger partial charge in [0.05, 0.1) is 0 Å². The van der Waals surface area contributed by atoms with Crippen LogP contribution in [0.4, 0.5) is 0 Å². The summed E-state index contributed by atoms with van der Waals surface area (Å²) in [5.74, 6) is -0.0758. The highest BCUT2D eigenvalue weighted by Crippen LogP contribution is 2.27. The van der Waals surface area contributed by atoms with Crippen LogP contribution in [0, 0.1) is 6.92 Å². The fraction of sp³-hybridized carbons (Fsp3) is 0.444. The topological polar surface area (TPSA) is 53.1 Å². The fourth-order valence-corrected chi connectivity index (χ4v) is 1.86. The van der Waals surface area contributed by atoms with Crippen LogP contribution in [0.1, 0.15) is 23.2 Å². The summed E-state index contributed by atoms with van der Waals surface area (Å²) in [5, 5.41) is 9.40. The molecule has 1 aliphatic rings. The molecule has 0 saturated heterocycles. The van der Waals surface area contributed by atoms with Crippen LogP contribution in [0.15, 0.2) is 4.79 Å². The number of H-pyrrole nitrogens is 1. The van der Waals surface area contributed by atoms with Gasteiger partial charge in [-0.3, -0.25) is 4.79 Å². The first kappa shape index (κ1) is 7.40. The molecule has 0 bridgehead atoms. The van der Waals surface area contributed by atoms with Gasteiger partial charge < -0.3 is 10.1 Å². The maximum Gasteiger partial charge on any atom is 0.290 e. The van der Waals surface area contributed by atoms with E-state index in [4.69, 9.17) is 0 Å². The van der Waals surface area contributed by atoms with E-state index >= 15 is 0 Å². The first-order valence-electron chi connectivity index (χ1n) is 4.13. The molecule has 0 saturated carbocycles. The third-order valence-electron chi connectivity index (χ3n) is 2.47. The van der Waals surface area contributed by atoms with E-state index < -0.39 is 0 Å². The summed E-state index contributed by atoms with van der Waals surface area (Å²) in [4.78, 5) is 13.7. The smallest absolute Gasteiger partial charge is 0.290 e. The van der Waals surface area contributed by atoms with Crippen LogP contribution < -0.4 is 5.56 Å². The number of hydrogen-bond acceptors (Lipinski definition) is 2. The number of hydrogen-bond donors (Lipinski definition) is 2. The Morgan fingerprint density at radius 3 is 2.75 bits per heavy atom. The van der Waals surface area contributed by atoms with Crippen molar-refractivity contribution < 1.29 is 5.11 Å². The number of pyridine rings is 1. The van der Waals surface area contributed by atoms with E-state index in [1.165, 1.54) is 0 Å². The molecule has 0 fully saturated rings.